The molecule has 1 heterocycles. The van der Waals surface area contributed by atoms with Crippen LogP contribution in [0.1, 0.15) is 19.3 Å². The maximum absolute atomic E-state index is 5.41. The molecule has 0 amide bonds. The van der Waals surface area contributed by atoms with Gasteiger partial charge < -0.3 is 10.6 Å². The monoisotopic (exact) mass is 140 g/mol. The molecule has 2 rings (SSSR count). The molecule has 1 aliphatic carbocycles. The zero-order valence-electron chi connectivity index (χ0n) is 5.92. The van der Waals surface area contributed by atoms with Crippen molar-refractivity contribution in [1.82, 2.24) is 0 Å². The smallest absolute Gasteiger partial charge is 0.135 e. The SMILES string of the molecule is NCC1=NOC(C2CC2)C1. The van der Waals surface area contributed by atoms with E-state index in [4.69, 9.17) is 10.6 Å². The summed E-state index contributed by atoms with van der Waals surface area (Å²) < 4.78 is 0. The standard InChI is InChI=1S/C7H12N2O/c8-4-6-3-7(10-9-6)5-1-2-5/h5,7H,1-4,8H2. The van der Waals surface area contributed by atoms with Crippen molar-refractivity contribution in [3.63, 3.8) is 0 Å². The fourth-order valence-electron chi connectivity index (χ4n) is 1.29. The minimum atomic E-state index is 0.374. The van der Waals surface area contributed by atoms with Gasteiger partial charge in [0.1, 0.15) is 6.10 Å². The highest BCUT2D eigenvalue weighted by atomic mass is 16.6. The molecular weight excluding hydrogens is 128 g/mol. The van der Waals surface area contributed by atoms with Crippen molar-refractivity contribution in [1.29, 1.82) is 0 Å². The molecule has 2 aliphatic rings. The molecule has 0 aromatic carbocycles. The Balaban J connectivity index is 1.86. The minimum Gasteiger partial charge on any atom is -0.392 e. The van der Waals surface area contributed by atoms with E-state index in [1.165, 1.54) is 12.8 Å². The normalized spacial score (nSPS) is 31.7. The van der Waals surface area contributed by atoms with Crippen molar-refractivity contribution in [2.75, 3.05) is 6.54 Å². The van der Waals surface area contributed by atoms with Gasteiger partial charge >= 0.3 is 0 Å². The van der Waals surface area contributed by atoms with E-state index in [2.05, 4.69) is 5.16 Å². The first-order chi connectivity index (χ1) is 4.90. The average Bonchev–Trinajstić information content (AvgIpc) is 2.70. The summed E-state index contributed by atoms with van der Waals surface area (Å²) in [5.74, 6) is 0.785. The number of oxime groups is 1. The van der Waals surface area contributed by atoms with E-state index in [0.29, 0.717) is 12.6 Å². The molecule has 3 nitrogen and oxygen atoms in total. The van der Waals surface area contributed by atoms with E-state index in [0.717, 1.165) is 18.1 Å². The van der Waals surface area contributed by atoms with Gasteiger partial charge in [0.05, 0.1) is 5.71 Å². The second-order valence-corrected chi connectivity index (χ2v) is 3.05. The molecule has 1 saturated carbocycles. The van der Waals surface area contributed by atoms with Gasteiger partial charge in [-0.3, -0.25) is 0 Å². The number of nitrogens with zero attached hydrogens (tertiary/aromatic N) is 1. The molecule has 56 valence electrons. The highest BCUT2D eigenvalue weighted by molar-refractivity contribution is 5.87. The Kier molecular flexibility index (Phi) is 1.38. The lowest BCUT2D eigenvalue weighted by atomic mass is 10.1. The zero-order valence-corrected chi connectivity index (χ0v) is 5.92. The first-order valence-corrected chi connectivity index (χ1v) is 3.82. The van der Waals surface area contributed by atoms with Crippen LogP contribution in [0, 0.1) is 5.92 Å². The maximum atomic E-state index is 5.41. The van der Waals surface area contributed by atoms with Crippen molar-refractivity contribution < 1.29 is 4.84 Å². The van der Waals surface area contributed by atoms with E-state index < -0.39 is 0 Å². The Labute approximate surface area is 60.2 Å². The van der Waals surface area contributed by atoms with Crippen LogP contribution in [0.25, 0.3) is 0 Å². The summed E-state index contributed by atoms with van der Waals surface area (Å²) in [4.78, 5) is 5.19. The van der Waals surface area contributed by atoms with Gasteiger partial charge in [0.2, 0.25) is 0 Å². The van der Waals surface area contributed by atoms with Crippen molar-refractivity contribution in [3.8, 4) is 0 Å². The third-order valence-electron chi connectivity index (χ3n) is 2.14. The highest BCUT2D eigenvalue weighted by Gasteiger charge is 2.36. The topological polar surface area (TPSA) is 47.6 Å². The van der Waals surface area contributed by atoms with Crippen LogP contribution in [0.4, 0.5) is 0 Å². The van der Waals surface area contributed by atoms with Crippen LogP contribution in [0.2, 0.25) is 0 Å². The van der Waals surface area contributed by atoms with E-state index in [1.54, 1.807) is 0 Å². The molecule has 0 spiro atoms. The summed E-state index contributed by atoms with van der Waals surface area (Å²) in [6.45, 7) is 0.559. The average molecular weight is 140 g/mol. The molecule has 1 atom stereocenters. The summed E-state index contributed by atoms with van der Waals surface area (Å²) in [7, 11) is 0. The zero-order chi connectivity index (χ0) is 6.97. The third-order valence-corrected chi connectivity index (χ3v) is 2.14. The molecule has 0 bridgehead atoms. The van der Waals surface area contributed by atoms with Gasteiger partial charge in [-0.15, -0.1) is 0 Å². The van der Waals surface area contributed by atoms with Crippen LogP contribution in [-0.2, 0) is 4.84 Å². The summed E-state index contributed by atoms with van der Waals surface area (Å²) in [6.07, 6.45) is 3.98. The Hall–Kier alpha value is -0.570. The molecule has 2 N–H and O–H groups in total. The molecule has 3 heteroatoms. The molecule has 0 aromatic rings. The van der Waals surface area contributed by atoms with Crippen molar-refractivity contribution in [3.05, 3.63) is 0 Å². The predicted molar refractivity (Wildman–Crippen MR) is 38.7 cm³/mol. The lowest BCUT2D eigenvalue weighted by Crippen LogP contribution is -2.15. The Morgan fingerprint density at radius 1 is 1.60 bits per heavy atom. The number of hydrogen-bond acceptors (Lipinski definition) is 3. The molecule has 1 unspecified atom stereocenters. The fourth-order valence-corrected chi connectivity index (χ4v) is 1.29. The van der Waals surface area contributed by atoms with Gasteiger partial charge in [0.25, 0.3) is 0 Å². The quantitative estimate of drug-likeness (QED) is 0.607. The third kappa shape index (κ3) is 1.01. The largest absolute Gasteiger partial charge is 0.392 e. The summed E-state index contributed by atoms with van der Waals surface area (Å²) in [6, 6.07) is 0. The van der Waals surface area contributed by atoms with Crippen molar-refractivity contribution in [2.45, 2.75) is 25.4 Å². The number of rotatable bonds is 2. The highest BCUT2D eigenvalue weighted by Crippen LogP contribution is 2.37. The van der Waals surface area contributed by atoms with Crippen LogP contribution in [0.3, 0.4) is 0 Å². The van der Waals surface area contributed by atoms with Crippen LogP contribution in [0.5, 0.6) is 0 Å². The number of hydrogen-bond donors (Lipinski definition) is 1. The van der Waals surface area contributed by atoms with E-state index in [-0.39, 0.29) is 0 Å². The predicted octanol–water partition coefficient (Wildman–Crippen LogP) is 0.500. The lowest BCUT2D eigenvalue weighted by Gasteiger charge is -2.03. The van der Waals surface area contributed by atoms with E-state index in [9.17, 15) is 0 Å². The van der Waals surface area contributed by atoms with Crippen LogP contribution in [-0.4, -0.2) is 18.4 Å². The number of nitrogens with two attached hydrogens (primary N) is 1. The lowest BCUT2D eigenvalue weighted by molar-refractivity contribution is 0.0694. The molecule has 0 radical (unpaired) electrons. The van der Waals surface area contributed by atoms with Crippen LogP contribution >= 0.6 is 0 Å². The van der Waals surface area contributed by atoms with Gasteiger partial charge in [-0.05, 0) is 18.8 Å². The molecule has 0 aromatic heterocycles. The van der Waals surface area contributed by atoms with Crippen molar-refractivity contribution >= 4 is 5.71 Å². The molecule has 1 fully saturated rings. The second kappa shape index (κ2) is 2.23. The van der Waals surface area contributed by atoms with Gasteiger partial charge in [-0.1, -0.05) is 5.16 Å². The molecule has 1 aliphatic heterocycles. The van der Waals surface area contributed by atoms with Crippen LogP contribution < -0.4 is 5.73 Å². The summed E-state index contributed by atoms with van der Waals surface area (Å²) in [5.41, 5.74) is 6.43. The minimum absolute atomic E-state index is 0.374. The van der Waals surface area contributed by atoms with Gasteiger partial charge in [-0.25, -0.2) is 0 Å². The molecule has 10 heavy (non-hydrogen) atoms. The van der Waals surface area contributed by atoms with Gasteiger partial charge in [0.15, 0.2) is 0 Å². The summed E-state index contributed by atoms with van der Waals surface area (Å²) in [5, 5.41) is 3.89. The fraction of sp³-hybridized carbons (Fsp3) is 0.857. The molecule has 0 saturated heterocycles. The Morgan fingerprint density at radius 3 is 2.90 bits per heavy atom. The van der Waals surface area contributed by atoms with Gasteiger partial charge in [-0.2, -0.15) is 0 Å². The maximum Gasteiger partial charge on any atom is 0.135 e. The first kappa shape index (κ1) is 6.16. The van der Waals surface area contributed by atoms with Gasteiger partial charge in [0, 0.05) is 13.0 Å². The second-order valence-electron chi connectivity index (χ2n) is 3.05. The van der Waals surface area contributed by atoms with E-state index in [1.807, 2.05) is 0 Å². The molecular formula is C7H12N2O. The first-order valence-electron chi connectivity index (χ1n) is 3.82. The van der Waals surface area contributed by atoms with E-state index >= 15 is 0 Å². The van der Waals surface area contributed by atoms with Crippen LogP contribution in [0.15, 0.2) is 5.16 Å². The van der Waals surface area contributed by atoms with Crippen molar-refractivity contribution in [2.24, 2.45) is 16.8 Å². The Bertz CT molecular complexity index is 163. The Morgan fingerprint density at radius 2 is 2.40 bits per heavy atom. The summed E-state index contributed by atoms with van der Waals surface area (Å²) >= 11 is 0.